The summed E-state index contributed by atoms with van der Waals surface area (Å²) >= 11 is 1.83. The summed E-state index contributed by atoms with van der Waals surface area (Å²) in [5.74, 6) is 0.762. The van der Waals surface area contributed by atoms with Crippen LogP contribution in [-0.2, 0) is 4.74 Å². The van der Waals surface area contributed by atoms with Crippen LogP contribution in [0.1, 0.15) is 29.3 Å². The van der Waals surface area contributed by atoms with Crippen molar-refractivity contribution in [2.45, 2.75) is 25.8 Å². The lowest BCUT2D eigenvalue weighted by molar-refractivity contribution is 0.0509. The van der Waals surface area contributed by atoms with Gasteiger partial charge in [-0.3, -0.25) is 4.90 Å². The highest BCUT2D eigenvalue weighted by atomic mass is 32.1. The third-order valence-electron chi connectivity index (χ3n) is 3.85. The van der Waals surface area contributed by atoms with Crippen molar-refractivity contribution in [1.82, 2.24) is 4.90 Å². The van der Waals surface area contributed by atoms with Crippen molar-refractivity contribution in [3.05, 3.63) is 21.9 Å². The van der Waals surface area contributed by atoms with E-state index < -0.39 is 0 Å². The minimum atomic E-state index is 0.368. The lowest BCUT2D eigenvalue weighted by Crippen LogP contribution is -2.35. The minimum absolute atomic E-state index is 0.368. The summed E-state index contributed by atoms with van der Waals surface area (Å²) in [6.45, 7) is 5.84. The molecule has 1 aromatic rings. The first-order chi connectivity index (χ1) is 8.72. The average molecular weight is 268 g/mol. The Kier molecular flexibility index (Phi) is 5.18. The summed E-state index contributed by atoms with van der Waals surface area (Å²) in [4.78, 5) is 3.85. The van der Waals surface area contributed by atoms with Gasteiger partial charge in [0.05, 0.1) is 6.04 Å². The topological polar surface area (TPSA) is 38.5 Å². The number of hydrogen-bond donors (Lipinski definition) is 1. The molecule has 2 heterocycles. The molecule has 1 unspecified atom stereocenters. The second-order valence-electron chi connectivity index (χ2n) is 5.21. The van der Waals surface area contributed by atoms with Crippen LogP contribution in [0.25, 0.3) is 0 Å². The molecule has 18 heavy (non-hydrogen) atoms. The van der Waals surface area contributed by atoms with E-state index in [0.717, 1.165) is 25.7 Å². The molecular weight excluding hydrogens is 244 g/mol. The van der Waals surface area contributed by atoms with E-state index in [9.17, 15) is 0 Å². The highest BCUT2D eigenvalue weighted by Crippen LogP contribution is 2.28. The monoisotopic (exact) mass is 268 g/mol. The summed E-state index contributed by atoms with van der Waals surface area (Å²) in [5.41, 5.74) is 7.35. The number of nitrogens with two attached hydrogens (primary N) is 1. The van der Waals surface area contributed by atoms with Crippen molar-refractivity contribution in [3.63, 3.8) is 0 Å². The first-order valence-corrected chi connectivity index (χ1v) is 7.62. The molecule has 0 bridgehead atoms. The molecule has 0 aromatic carbocycles. The fourth-order valence-electron chi connectivity index (χ4n) is 2.68. The molecule has 1 atom stereocenters. The van der Waals surface area contributed by atoms with Gasteiger partial charge in [0, 0.05) is 31.2 Å². The van der Waals surface area contributed by atoms with E-state index in [-0.39, 0.29) is 0 Å². The van der Waals surface area contributed by atoms with Gasteiger partial charge < -0.3 is 10.5 Å². The van der Waals surface area contributed by atoms with Crippen molar-refractivity contribution in [1.29, 1.82) is 0 Å². The Morgan fingerprint density at radius 1 is 1.50 bits per heavy atom. The quantitative estimate of drug-likeness (QED) is 0.891. The standard InChI is InChI=1S/C14H24N2OS/c1-11-5-8-18-14(11)13(9-15)16(2)10-12-3-6-17-7-4-12/h5,8,12-13H,3-4,6-7,9-10,15H2,1-2H3. The third-order valence-corrected chi connectivity index (χ3v) is 4.97. The van der Waals surface area contributed by atoms with Crippen LogP contribution in [0, 0.1) is 12.8 Å². The summed E-state index contributed by atoms with van der Waals surface area (Å²) in [6.07, 6.45) is 2.37. The van der Waals surface area contributed by atoms with Crippen molar-refractivity contribution in [3.8, 4) is 0 Å². The Morgan fingerprint density at radius 2 is 2.22 bits per heavy atom. The van der Waals surface area contributed by atoms with E-state index >= 15 is 0 Å². The van der Waals surface area contributed by atoms with Crippen LogP contribution in [0.5, 0.6) is 0 Å². The minimum Gasteiger partial charge on any atom is -0.381 e. The van der Waals surface area contributed by atoms with E-state index in [0.29, 0.717) is 12.6 Å². The van der Waals surface area contributed by atoms with E-state index in [1.807, 2.05) is 11.3 Å². The predicted octanol–water partition coefficient (Wildman–Crippen LogP) is 2.41. The Labute approximate surface area is 114 Å². The number of aryl methyl sites for hydroxylation is 1. The van der Waals surface area contributed by atoms with Gasteiger partial charge in [0.2, 0.25) is 0 Å². The highest BCUT2D eigenvalue weighted by molar-refractivity contribution is 7.10. The summed E-state index contributed by atoms with van der Waals surface area (Å²) in [6, 6.07) is 2.55. The van der Waals surface area contributed by atoms with Crippen LogP contribution < -0.4 is 5.73 Å². The number of hydrogen-bond acceptors (Lipinski definition) is 4. The summed E-state index contributed by atoms with van der Waals surface area (Å²) in [7, 11) is 2.20. The molecule has 1 fully saturated rings. The van der Waals surface area contributed by atoms with Crippen LogP contribution >= 0.6 is 11.3 Å². The lowest BCUT2D eigenvalue weighted by Gasteiger charge is -2.32. The maximum atomic E-state index is 5.98. The van der Waals surface area contributed by atoms with Gasteiger partial charge in [-0.1, -0.05) is 0 Å². The van der Waals surface area contributed by atoms with Crippen LogP contribution in [0.2, 0.25) is 0 Å². The second kappa shape index (κ2) is 6.66. The zero-order valence-corrected chi connectivity index (χ0v) is 12.2. The fourth-order valence-corrected chi connectivity index (χ4v) is 3.78. The number of ether oxygens (including phenoxy) is 1. The Hall–Kier alpha value is -0.420. The molecule has 4 heteroatoms. The van der Waals surface area contributed by atoms with Gasteiger partial charge in [-0.25, -0.2) is 0 Å². The van der Waals surface area contributed by atoms with E-state index in [4.69, 9.17) is 10.5 Å². The molecule has 0 saturated carbocycles. The van der Waals surface area contributed by atoms with Gasteiger partial charge in [-0.2, -0.15) is 0 Å². The molecule has 0 amide bonds. The van der Waals surface area contributed by atoms with Crippen LogP contribution in [0.15, 0.2) is 11.4 Å². The number of nitrogens with zero attached hydrogens (tertiary/aromatic N) is 1. The number of rotatable bonds is 5. The first kappa shape index (κ1) is 14.0. The normalized spacial score (nSPS) is 19.3. The molecule has 102 valence electrons. The second-order valence-corrected chi connectivity index (χ2v) is 6.16. The van der Waals surface area contributed by atoms with E-state index in [2.05, 4.69) is 30.3 Å². The van der Waals surface area contributed by atoms with Gasteiger partial charge in [-0.05, 0) is 49.7 Å². The molecule has 0 spiro atoms. The van der Waals surface area contributed by atoms with Gasteiger partial charge >= 0.3 is 0 Å². The van der Waals surface area contributed by atoms with Gasteiger partial charge in [0.15, 0.2) is 0 Å². The smallest absolute Gasteiger partial charge is 0.0564 e. The number of likely N-dealkylation sites (N-methyl/N-ethyl adjacent to an activating group) is 1. The van der Waals surface area contributed by atoms with Gasteiger partial charge in [-0.15, -0.1) is 11.3 Å². The molecule has 0 aliphatic carbocycles. The van der Waals surface area contributed by atoms with Crippen molar-refractivity contribution < 1.29 is 4.74 Å². The van der Waals surface area contributed by atoms with Crippen LogP contribution in [0.3, 0.4) is 0 Å². The lowest BCUT2D eigenvalue weighted by atomic mass is 9.99. The molecule has 1 aliphatic rings. The Morgan fingerprint density at radius 3 is 2.78 bits per heavy atom. The molecule has 2 rings (SSSR count). The van der Waals surface area contributed by atoms with E-state index in [1.165, 1.54) is 23.3 Å². The van der Waals surface area contributed by atoms with Gasteiger partial charge in [0.1, 0.15) is 0 Å². The maximum Gasteiger partial charge on any atom is 0.0564 e. The molecule has 1 aromatic heterocycles. The third kappa shape index (κ3) is 3.32. The molecule has 1 saturated heterocycles. The molecular formula is C14H24N2OS. The fraction of sp³-hybridized carbons (Fsp3) is 0.714. The summed E-state index contributed by atoms with van der Waals surface area (Å²) in [5, 5.41) is 2.16. The molecule has 2 N–H and O–H groups in total. The van der Waals surface area contributed by atoms with Crippen molar-refractivity contribution >= 4 is 11.3 Å². The Bertz CT molecular complexity index is 360. The van der Waals surface area contributed by atoms with Crippen LogP contribution in [-0.4, -0.2) is 38.3 Å². The van der Waals surface area contributed by atoms with Crippen LogP contribution in [0.4, 0.5) is 0 Å². The Balaban J connectivity index is 1.97. The first-order valence-electron chi connectivity index (χ1n) is 6.74. The van der Waals surface area contributed by atoms with Crippen molar-refractivity contribution in [2.75, 3.05) is 33.4 Å². The molecule has 1 aliphatic heterocycles. The predicted molar refractivity (Wildman–Crippen MR) is 77.0 cm³/mol. The molecule has 0 radical (unpaired) electrons. The largest absolute Gasteiger partial charge is 0.381 e. The van der Waals surface area contributed by atoms with Crippen molar-refractivity contribution in [2.24, 2.45) is 11.7 Å². The van der Waals surface area contributed by atoms with Gasteiger partial charge in [0.25, 0.3) is 0 Å². The summed E-state index contributed by atoms with van der Waals surface area (Å²) < 4.78 is 5.42. The SMILES string of the molecule is Cc1ccsc1C(CN)N(C)CC1CCOCC1. The van der Waals surface area contributed by atoms with E-state index in [1.54, 1.807) is 0 Å². The average Bonchev–Trinajstić information content (AvgIpc) is 2.78. The molecule has 3 nitrogen and oxygen atoms in total. The number of thiophene rings is 1. The zero-order valence-electron chi connectivity index (χ0n) is 11.4. The zero-order chi connectivity index (χ0) is 13.0. The maximum absolute atomic E-state index is 5.98. The highest BCUT2D eigenvalue weighted by Gasteiger charge is 2.22.